The van der Waals surface area contributed by atoms with E-state index in [4.69, 9.17) is 14.2 Å². The molecule has 0 saturated heterocycles. The van der Waals surface area contributed by atoms with Gasteiger partial charge in [0.1, 0.15) is 11.5 Å². The highest BCUT2D eigenvalue weighted by atomic mass is 16.5. The molecule has 1 aromatic carbocycles. The Balaban J connectivity index is 2.84. The molecule has 1 amide bonds. The first kappa shape index (κ1) is 19.5. The third kappa shape index (κ3) is 5.30. The second kappa shape index (κ2) is 9.60. The predicted octanol–water partition coefficient (Wildman–Crippen LogP) is 2.37. The van der Waals surface area contributed by atoms with E-state index in [1.165, 1.54) is 13.2 Å². The Labute approximate surface area is 143 Å². The number of amides is 1. The summed E-state index contributed by atoms with van der Waals surface area (Å²) in [6.45, 7) is 4.41. The van der Waals surface area contributed by atoms with Crippen LogP contribution in [0.25, 0.3) is 6.08 Å². The van der Waals surface area contributed by atoms with Crippen molar-refractivity contribution in [2.75, 3.05) is 34.4 Å². The number of hydrogen-bond donors (Lipinski definition) is 0. The highest BCUT2D eigenvalue weighted by molar-refractivity contribution is 5.92. The number of nitrogens with zero attached hydrogens (tertiary/aromatic N) is 1. The van der Waals surface area contributed by atoms with Crippen LogP contribution in [0, 0.1) is 5.92 Å². The Bertz CT molecular complexity index is 597. The second-order valence-electron chi connectivity index (χ2n) is 5.24. The monoisotopic (exact) mass is 335 g/mol. The van der Waals surface area contributed by atoms with Crippen molar-refractivity contribution in [3.63, 3.8) is 0 Å². The summed E-state index contributed by atoms with van der Waals surface area (Å²) in [5.74, 6) is 0.415. The average molecular weight is 335 g/mol. The van der Waals surface area contributed by atoms with Gasteiger partial charge in [0.2, 0.25) is 5.91 Å². The first-order chi connectivity index (χ1) is 11.5. The smallest absolute Gasteiger partial charge is 0.310 e. The zero-order valence-corrected chi connectivity index (χ0v) is 14.9. The number of carbonyl (C=O) groups is 2. The fourth-order valence-corrected chi connectivity index (χ4v) is 2.20. The number of carbonyl (C=O) groups excluding carboxylic acids is 2. The van der Waals surface area contributed by atoms with E-state index in [2.05, 4.69) is 0 Å². The Morgan fingerprint density at radius 1 is 1.21 bits per heavy atom. The van der Waals surface area contributed by atoms with Crippen LogP contribution in [0.4, 0.5) is 0 Å². The SMILES string of the molecule is CCN(C[C@@H](C)C(=O)OC)C(=O)/C=C\c1ccc(OC)cc1OC. The zero-order valence-electron chi connectivity index (χ0n) is 14.9. The van der Waals surface area contributed by atoms with Gasteiger partial charge in [-0.1, -0.05) is 6.92 Å². The van der Waals surface area contributed by atoms with Gasteiger partial charge >= 0.3 is 5.97 Å². The van der Waals surface area contributed by atoms with Gasteiger partial charge in [-0.25, -0.2) is 0 Å². The average Bonchev–Trinajstić information content (AvgIpc) is 2.62. The fourth-order valence-electron chi connectivity index (χ4n) is 2.20. The van der Waals surface area contributed by atoms with Crippen LogP contribution in [0.2, 0.25) is 0 Å². The Morgan fingerprint density at radius 3 is 2.46 bits per heavy atom. The highest BCUT2D eigenvalue weighted by Crippen LogP contribution is 2.25. The van der Waals surface area contributed by atoms with Crippen molar-refractivity contribution >= 4 is 18.0 Å². The summed E-state index contributed by atoms with van der Waals surface area (Å²) in [5, 5.41) is 0. The van der Waals surface area contributed by atoms with Crippen LogP contribution >= 0.6 is 0 Å². The minimum absolute atomic E-state index is 0.175. The lowest BCUT2D eigenvalue weighted by Crippen LogP contribution is -2.36. The Hall–Kier alpha value is -2.50. The standard InChI is InChI=1S/C18H25NO5/c1-6-19(12-13(2)18(21)24-5)17(20)10-8-14-7-9-15(22-3)11-16(14)23-4/h7-11,13H,6,12H2,1-5H3/b10-8-/t13-/m1/s1. The van der Waals surface area contributed by atoms with Crippen LogP contribution in [0.5, 0.6) is 11.5 Å². The number of hydrogen-bond acceptors (Lipinski definition) is 5. The van der Waals surface area contributed by atoms with Gasteiger partial charge in [-0.15, -0.1) is 0 Å². The van der Waals surface area contributed by atoms with Crippen molar-refractivity contribution in [2.45, 2.75) is 13.8 Å². The summed E-state index contributed by atoms with van der Waals surface area (Å²) in [6.07, 6.45) is 3.16. The highest BCUT2D eigenvalue weighted by Gasteiger charge is 2.19. The van der Waals surface area contributed by atoms with Crippen LogP contribution in [0.1, 0.15) is 19.4 Å². The molecule has 1 atom stereocenters. The molecule has 0 heterocycles. The second-order valence-corrected chi connectivity index (χ2v) is 5.24. The first-order valence-electron chi connectivity index (χ1n) is 7.73. The first-order valence-corrected chi connectivity index (χ1v) is 7.73. The van der Waals surface area contributed by atoms with Crippen LogP contribution in [0.3, 0.4) is 0 Å². The van der Waals surface area contributed by atoms with Crippen molar-refractivity contribution in [3.8, 4) is 11.5 Å². The third-order valence-electron chi connectivity index (χ3n) is 3.64. The van der Waals surface area contributed by atoms with Gasteiger partial charge in [-0.3, -0.25) is 9.59 Å². The lowest BCUT2D eigenvalue weighted by molar-refractivity contribution is -0.146. The lowest BCUT2D eigenvalue weighted by Gasteiger charge is -2.22. The molecule has 1 rings (SSSR count). The number of esters is 1. The minimum atomic E-state index is -0.372. The maximum atomic E-state index is 12.3. The van der Waals surface area contributed by atoms with Crippen molar-refractivity contribution in [3.05, 3.63) is 29.8 Å². The van der Waals surface area contributed by atoms with Crippen molar-refractivity contribution in [1.29, 1.82) is 0 Å². The third-order valence-corrected chi connectivity index (χ3v) is 3.64. The number of likely N-dealkylation sites (N-methyl/N-ethyl adjacent to an activating group) is 1. The molecule has 0 aromatic heterocycles. The van der Waals surface area contributed by atoms with Crippen molar-refractivity contribution in [1.82, 2.24) is 4.90 Å². The van der Waals surface area contributed by atoms with Gasteiger partial charge in [0, 0.05) is 30.8 Å². The quantitative estimate of drug-likeness (QED) is 0.539. The molecular formula is C18H25NO5. The molecule has 0 bridgehead atoms. The summed E-state index contributed by atoms with van der Waals surface area (Å²) >= 11 is 0. The number of ether oxygens (including phenoxy) is 3. The summed E-state index contributed by atoms with van der Waals surface area (Å²) < 4.78 is 15.1. The topological polar surface area (TPSA) is 65.1 Å². The van der Waals surface area contributed by atoms with E-state index in [-0.39, 0.29) is 17.8 Å². The molecular weight excluding hydrogens is 310 g/mol. The number of benzene rings is 1. The van der Waals surface area contributed by atoms with Gasteiger partial charge in [0.25, 0.3) is 0 Å². The molecule has 0 aliphatic heterocycles. The van der Waals surface area contributed by atoms with Crippen LogP contribution in [0.15, 0.2) is 24.3 Å². The Morgan fingerprint density at radius 2 is 1.92 bits per heavy atom. The molecule has 0 aliphatic rings. The van der Waals surface area contributed by atoms with Gasteiger partial charge in [-0.2, -0.15) is 0 Å². The maximum absolute atomic E-state index is 12.3. The molecule has 0 fully saturated rings. The minimum Gasteiger partial charge on any atom is -0.497 e. The van der Waals surface area contributed by atoms with Gasteiger partial charge < -0.3 is 19.1 Å². The van der Waals surface area contributed by atoms with Crippen LogP contribution in [-0.4, -0.2) is 51.2 Å². The normalized spacial score (nSPS) is 11.9. The summed E-state index contributed by atoms with van der Waals surface area (Å²) in [6, 6.07) is 5.36. The molecule has 0 saturated carbocycles. The zero-order chi connectivity index (χ0) is 18.1. The van der Waals surface area contributed by atoms with Crippen molar-refractivity contribution in [2.24, 2.45) is 5.92 Å². The summed E-state index contributed by atoms with van der Waals surface area (Å²) in [5.41, 5.74) is 0.767. The molecule has 6 nitrogen and oxygen atoms in total. The van der Waals surface area contributed by atoms with E-state index in [9.17, 15) is 9.59 Å². The molecule has 6 heteroatoms. The largest absolute Gasteiger partial charge is 0.497 e. The van der Waals surface area contributed by atoms with E-state index in [0.717, 1.165) is 5.56 Å². The Kier molecular flexibility index (Phi) is 7.82. The molecule has 0 N–H and O–H groups in total. The molecule has 0 unspecified atom stereocenters. The molecule has 0 spiro atoms. The van der Waals surface area contributed by atoms with Gasteiger partial charge in [0.15, 0.2) is 0 Å². The molecule has 24 heavy (non-hydrogen) atoms. The lowest BCUT2D eigenvalue weighted by atomic mass is 10.1. The van der Waals surface area contributed by atoms with E-state index >= 15 is 0 Å². The maximum Gasteiger partial charge on any atom is 0.310 e. The summed E-state index contributed by atoms with van der Waals surface area (Å²) in [7, 11) is 4.48. The fraction of sp³-hybridized carbons (Fsp3) is 0.444. The van der Waals surface area contributed by atoms with E-state index < -0.39 is 0 Å². The number of rotatable bonds is 8. The van der Waals surface area contributed by atoms with Gasteiger partial charge in [0.05, 0.1) is 27.2 Å². The predicted molar refractivity (Wildman–Crippen MR) is 92.0 cm³/mol. The molecule has 1 aromatic rings. The van der Waals surface area contributed by atoms with E-state index in [0.29, 0.717) is 24.6 Å². The van der Waals surface area contributed by atoms with Gasteiger partial charge in [-0.05, 0) is 25.1 Å². The summed E-state index contributed by atoms with van der Waals surface area (Å²) in [4.78, 5) is 25.4. The number of methoxy groups -OCH3 is 3. The van der Waals surface area contributed by atoms with Crippen molar-refractivity contribution < 1.29 is 23.8 Å². The van der Waals surface area contributed by atoms with Crippen LogP contribution < -0.4 is 9.47 Å². The van der Waals surface area contributed by atoms with E-state index in [1.807, 2.05) is 13.0 Å². The molecule has 0 aliphatic carbocycles. The molecule has 132 valence electrons. The van der Waals surface area contributed by atoms with Crippen LogP contribution in [-0.2, 0) is 14.3 Å². The molecule has 0 radical (unpaired) electrons. The van der Waals surface area contributed by atoms with E-state index in [1.54, 1.807) is 44.3 Å².